The molecule has 0 unspecified atom stereocenters. The van der Waals surface area contributed by atoms with E-state index in [0.717, 1.165) is 5.69 Å². The molecule has 0 radical (unpaired) electrons. The normalized spacial score (nSPS) is 16.7. The predicted molar refractivity (Wildman–Crippen MR) is 113 cm³/mol. The van der Waals surface area contributed by atoms with E-state index in [9.17, 15) is 14.9 Å². The number of carbonyl (C=O) groups excluding carboxylic acids is 1. The van der Waals surface area contributed by atoms with Crippen molar-refractivity contribution in [2.45, 2.75) is 0 Å². The Bertz CT molecular complexity index is 1150. The van der Waals surface area contributed by atoms with Gasteiger partial charge in [0.1, 0.15) is 11.5 Å². The lowest BCUT2D eigenvalue weighted by Crippen LogP contribution is -2.23. The van der Waals surface area contributed by atoms with Crippen molar-refractivity contribution in [3.8, 4) is 11.3 Å². The molecule has 0 aliphatic carbocycles. The average Bonchev–Trinajstić information content (AvgIpc) is 3.30. The van der Waals surface area contributed by atoms with Crippen LogP contribution in [0.4, 0.5) is 11.4 Å². The molecule has 0 bridgehead atoms. The van der Waals surface area contributed by atoms with Crippen molar-refractivity contribution < 1.29 is 14.1 Å². The van der Waals surface area contributed by atoms with Gasteiger partial charge < -0.3 is 4.42 Å². The summed E-state index contributed by atoms with van der Waals surface area (Å²) in [4.78, 5) is 29.8. The van der Waals surface area contributed by atoms with E-state index in [1.807, 2.05) is 30.3 Å². The number of hydrogen-bond donors (Lipinski definition) is 0. The molecule has 1 saturated heterocycles. The van der Waals surface area contributed by atoms with E-state index in [2.05, 4.69) is 4.99 Å². The zero-order valence-corrected chi connectivity index (χ0v) is 16.1. The zero-order valence-electron chi connectivity index (χ0n) is 15.3. The number of likely N-dealkylation sites (N-methyl/N-ethyl adjacent to an activating group) is 1. The number of nitro groups is 1. The zero-order chi connectivity index (χ0) is 20.4. The Morgan fingerprint density at radius 3 is 2.55 bits per heavy atom. The van der Waals surface area contributed by atoms with E-state index >= 15 is 0 Å². The number of benzene rings is 2. The topological polar surface area (TPSA) is 89.0 Å². The number of para-hydroxylation sites is 2. The standard InChI is InChI=1S/C21H15N3O4S/c1-23-20(25)19(29-21(23)22-14-7-3-2-4-8-14)13-15-11-12-18(28-15)16-9-5-6-10-17(16)24(26)27/h2-13H,1H3/b19-13+,22-21?. The van der Waals surface area contributed by atoms with Crippen molar-refractivity contribution in [2.75, 3.05) is 7.05 Å². The molecule has 0 spiro atoms. The van der Waals surface area contributed by atoms with Crippen LogP contribution in [0.3, 0.4) is 0 Å². The second-order valence-electron chi connectivity index (χ2n) is 6.18. The summed E-state index contributed by atoms with van der Waals surface area (Å²) in [6.45, 7) is 0. The van der Waals surface area contributed by atoms with Crippen molar-refractivity contribution >= 4 is 40.3 Å². The third kappa shape index (κ3) is 3.83. The van der Waals surface area contributed by atoms with Gasteiger partial charge in [0.2, 0.25) is 0 Å². The smallest absolute Gasteiger partial charge is 0.280 e. The van der Waals surface area contributed by atoms with E-state index in [0.29, 0.717) is 27.2 Å². The summed E-state index contributed by atoms with van der Waals surface area (Å²) in [6.07, 6.45) is 1.62. The molecule has 2 heterocycles. The van der Waals surface area contributed by atoms with Crippen LogP contribution in [0, 0.1) is 10.1 Å². The quantitative estimate of drug-likeness (QED) is 0.343. The second-order valence-corrected chi connectivity index (χ2v) is 7.19. The van der Waals surface area contributed by atoms with Gasteiger partial charge >= 0.3 is 0 Å². The van der Waals surface area contributed by atoms with E-state index in [-0.39, 0.29) is 11.6 Å². The summed E-state index contributed by atoms with van der Waals surface area (Å²) in [6, 6.07) is 19.1. The van der Waals surface area contributed by atoms with E-state index < -0.39 is 4.92 Å². The maximum atomic E-state index is 12.6. The summed E-state index contributed by atoms with van der Waals surface area (Å²) < 4.78 is 5.75. The van der Waals surface area contributed by atoms with Crippen LogP contribution in [0.1, 0.15) is 5.76 Å². The minimum absolute atomic E-state index is 0.0376. The molecular formula is C21H15N3O4S. The van der Waals surface area contributed by atoms with Crippen molar-refractivity contribution in [3.05, 3.63) is 87.5 Å². The maximum Gasteiger partial charge on any atom is 0.280 e. The number of hydrogen-bond acceptors (Lipinski definition) is 6. The van der Waals surface area contributed by atoms with Gasteiger partial charge in [-0.15, -0.1) is 0 Å². The lowest BCUT2D eigenvalue weighted by molar-refractivity contribution is -0.384. The van der Waals surface area contributed by atoms with Crippen LogP contribution < -0.4 is 0 Å². The van der Waals surface area contributed by atoms with Crippen molar-refractivity contribution in [2.24, 2.45) is 4.99 Å². The van der Waals surface area contributed by atoms with Crippen LogP contribution in [0.15, 0.2) is 81.0 Å². The molecule has 0 saturated carbocycles. The van der Waals surface area contributed by atoms with Gasteiger partial charge in [-0.1, -0.05) is 30.3 Å². The summed E-state index contributed by atoms with van der Waals surface area (Å²) >= 11 is 1.25. The molecule has 0 N–H and O–H groups in total. The van der Waals surface area contributed by atoms with Gasteiger partial charge in [-0.05, 0) is 42.1 Å². The van der Waals surface area contributed by atoms with Crippen LogP contribution in [-0.2, 0) is 4.79 Å². The number of carbonyl (C=O) groups is 1. The minimum Gasteiger partial charge on any atom is -0.456 e. The SMILES string of the molecule is CN1C(=O)/C(=C\c2ccc(-c3ccccc3[N+](=O)[O-])o2)SC1=Nc1ccccc1. The van der Waals surface area contributed by atoms with Gasteiger partial charge in [-0.25, -0.2) is 4.99 Å². The second kappa shape index (κ2) is 7.76. The molecule has 4 rings (SSSR count). The van der Waals surface area contributed by atoms with Gasteiger partial charge in [-0.3, -0.25) is 19.8 Å². The highest BCUT2D eigenvalue weighted by Crippen LogP contribution is 2.35. The van der Waals surface area contributed by atoms with E-state index in [1.54, 1.807) is 43.5 Å². The average molecular weight is 405 g/mol. The largest absolute Gasteiger partial charge is 0.456 e. The number of furan rings is 1. The molecular weight excluding hydrogens is 390 g/mol. The van der Waals surface area contributed by atoms with Gasteiger partial charge in [0.15, 0.2) is 5.17 Å². The van der Waals surface area contributed by atoms with E-state index in [4.69, 9.17) is 4.42 Å². The number of aliphatic imine (C=N–C) groups is 1. The summed E-state index contributed by atoms with van der Waals surface area (Å²) in [7, 11) is 1.67. The van der Waals surface area contributed by atoms with Gasteiger partial charge in [-0.2, -0.15) is 0 Å². The van der Waals surface area contributed by atoms with Crippen LogP contribution >= 0.6 is 11.8 Å². The van der Waals surface area contributed by atoms with Crippen LogP contribution in [0.5, 0.6) is 0 Å². The Morgan fingerprint density at radius 1 is 1.07 bits per heavy atom. The molecule has 29 heavy (non-hydrogen) atoms. The first-order valence-corrected chi connectivity index (χ1v) is 9.49. The molecule has 2 aromatic carbocycles. The molecule has 144 valence electrons. The third-order valence-corrected chi connectivity index (χ3v) is 5.31. The fourth-order valence-electron chi connectivity index (χ4n) is 2.81. The minimum atomic E-state index is -0.451. The third-order valence-electron chi connectivity index (χ3n) is 4.25. The van der Waals surface area contributed by atoms with Crippen molar-refractivity contribution in [3.63, 3.8) is 0 Å². The fourth-order valence-corrected chi connectivity index (χ4v) is 3.78. The summed E-state index contributed by atoms with van der Waals surface area (Å²) in [5.74, 6) is 0.614. The Kier molecular flexibility index (Phi) is 5.01. The maximum absolute atomic E-state index is 12.6. The Labute approximate surface area is 170 Å². The number of rotatable bonds is 4. The Morgan fingerprint density at radius 2 is 1.79 bits per heavy atom. The fraction of sp³-hybridized carbons (Fsp3) is 0.0476. The van der Waals surface area contributed by atoms with Crippen molar-refractivity contribution in [1.29, 1.82) is 0 Å². The first-order chi connectivity index (χ1) is 14.0. The molecule has 1 fully saturated rings. The summed E-state index contributed by atoms with van der Waals surface area (Å²) in [5, 5.41) is 11.8. The number of amides is 1. The van der Waals surface area contributed by atoms with Crippen LogP contribution in [0.2, 0.25) is 0 Å². The van der Waals surface area contributed by atoms with Crippen LogP contribution in [0.25, 0.3) is 17.4 Å². The highest BCUT2D eigenvalue weighted by molar-refractivity contribution is 8.18. The number of nitro benzene ring substituents is 1. The highest BCUT2D eigenvalue weighted by Gasteiger charge is 2.30. The molecule has 1 aromatic heterocycles. The van der Waals surface area contributed by atoms with Gasteiger partial charge in [0.25, 0.3) is 11.6 Å². The molecule has 0 atom stereocenters. The number of thioether (sulfide) groups is 1. The van der Waals surface area contributed by atoms with Crippen LogP contribution in [-0.4, -0.2) is 27.9 Å². The van der Waals surface area contributed by atoms with Crippen molar-refractivity contribution in [1.82, 2.24) is 4.90 Å². The lowest BCUT2D eigenvalue weighted by atomic mass is 10.1. The van der Waals surface area contributed by atoms with E-state index in [1.165, 1.54) is 22.7 Å². The monoisotopic (exact) mass is 405 g/mol. The molecule has 8 heteroatoms. The van der Waals surface area contributed by atoms with Gasteiger partial charge in [0.05, 0.1) is 21.1 Å². The molecule has 3 aromatic rings. The number of nitrogens with zero attached hydrogens (tertiary/aromatic N) is 3. The first kappa shape index (κ1) is 18.7. The molecule has 7 nitrogen and oxygen atoms in total. The summed E-state index contributed by atoms with van der Waals surface area (Å²) in [5.41, 5.74) is 1.10. The Hall–Kier alpha value is -3.65. The molecule has 1 aliphatic rings. The molecule has 1 amide bonds. The lowest BCUT2D eigenvalue weighted by Gasteiger charge is -2.06. The molecule has 1 aliphatic heterocycles. The highest BCUT2D eigenvalue weighted by atomic mass is 32.2. The predicted octanol–water partition coefficient (Wildman–Crippen LogP) is 5.09. The van der Waals surface area contributed by atoms with Gasteiger partial charge in [0, 0.05) is 19.2 Å². The Balaban J connectivity index is 1.62. The number of amidine groups is 1. The first-order valence-electron chi connectivity index (χ1n) is 8.68.